The van der Waals surface area contributed by atoms with Crippen LogP contribution in [-0.2, 0) is 16.1 Å². The summed E-state index contributed by atoms with van der Waals surface area (Å²) in [7, 11) is 0. The Morgan fingerprint density at radius 3 is 2.79 bits per heavy atom. The average molecular weight is 408 g/mol. The van der Waals surface area contributed by atoms with Crippen LogP contribution in [0.25, 0.3) is 0 Å². The summed E-state index contributed by atoms with van der Waals surface area (Å²) in [4.78, 5) is 36.6. The third-order valence-electron chi connectivity index (χ3n) is 4.99. The van der Waals surface area contributed by atoms with Gasteiger partial charge in [-0.05, 0) is 12.8 Å². The minimum Gasteiger partial charge on any atom is -0.483 e. The van der Waals surface area contributed by atoms with Crippen LogP contribution in [0.5, 0.6) is 0 Å². The highest BCUT2D eigenvalue weighted by molar-refractivity contribution is 7.13. The maximum absolute atomic E-state index is 12.7. The van der Waals surface area contributed by atoms with Gasteiger partial charge < -0.3 is 25.5 Å². The number of thiazole rings is 1. The summed E-state index contributed by atoms with van der Waals surface area (Å²) in [5.41, 5.74) is 6.98. The normalized spacial score (nSPS) is 19.1. The molecule has 11 heteroatoms. The number of carboxylic acid groups (broad SMARTS) is 1. The van der Waals surface area contributed by atoms with E-state index in [0.717, 1.165) is 38.2 Å². The van der Waals surface area contributed by atoms with Gasteiger partial charge in [0.15, 0.2) is 5.13 Å². The van der Waals surface area contributed by atoms with Crippen molar-refractivity contribution in [1.82, 2.24) is 24.8 Å². The van der Waals surface area contributed by atoms with Crippen molar-refractivity contribution in [2.24, 2.45) is 0 Å². The van der Waals surface area contributed by atoms with E-state index in [2.05, 4.69) is 19.9 Å². The highest BCUT2D eigenvalue weighted by Crippen LogP contribution is 2.31. The number of hydrogen-bond donors (Lipinski definition) is 3. The lowest BCUT2D eigenvalue weighted by Gasteiger charge is -2.47. The first-order chi connectivity index (χ1) is 13.5. The molecule has 4 rings (SSSR count). The summed E-state index contributed by atoms with van der Waals surface area (Å²) < 4.78 is 6.13. The molecular weight excluding hydrogens is 384 g/mol. The highest BCUT2D eigenvalue weighted by atomic mass is 32.1. The molecule has 0 aliphatic carbocycles. The molecule has 2 aromatic heterocycles. The van der Waals surface area contributed by atoms with Crippen molar-refractivity contribution in [3.8, 4) is 0 Å². The van der Waals surface area contributed by atoms with E-state index in [4.69, 9.17) is 20.4 Å². The average Bonchev–Trinajstić information content (AvgIpc) is 3.36. The second kappa shape index (κ2) is 9.13. The summed E-state index contributed by atoms with van der Waals surface area (Å²) >= 11 is 1.30. The number of hydrogen-bond acceptors (Lipinski definition) is 8. The third-order valence-corrected chi connectivity index (χ3v) is 5.67. The quantitative estimate of drug-likeness (QED) is 0.630. The number of H-pyrrole nitrogens is 1. The van der Waals surface area contributed by atoms with Gasteiger partial charge in [-0.25, -0.2) is 9.97 Å². The maximum Gasteiger partial charge on any atom is 0.290 e. The molecule has 2 fully saturated rings. The van der Waals surface area contributed by atoms with Crippen molar-refractivity contribution >= 4 is 28.8 Å². The topological polar surface area (TPSA) is 138 Å². The Hall–Kier alpha value is -2.50. The van der Waals surface area contributed by atoms with Crippen LogP contribution in [0, 0.1) is 0 Å². The number of nitrogen functional groups attached to an aromatic ring is 1. The first kappa shape index (κ1) is 20.2. The maximum atomic E-state index is 12.7. The van der Waals surface area contributed by atoms with E-state index in [1.165, 1.54) is 11.3 Å². The molecule has 0 saturated carbocycles. The number of anilines is 1. The van der Waals surface area contributed by atoms with Gasteiger partial charge in [0.05, 0.1) is 25.1 Å². The smallest absolute Gasteiger partial charge is 0.290 e. The van der Waals surface area contributed by atoms with Crippen LogP contribution in [0.2, 0.25) is 0 Å². The van der Waals surface area contributed by atoms with Gasteiger partial charge in [-0.2, -0.15) is 0 Å². The fourth-order valence-electron chi connectivity index (χ4n) is 3.60. The SMILES string of the molecule is Nc1nc(C(=O)N2CCOC3(CCN(Cc4cnc[nH]4)CC3)C2)cs1.O=CO. The van der Waals surface area contributed by atoms with Crippen molar-refractivity contribution in [3.63, 3.8) is 0 Å². The van der Waals surface area contributed by atoms with Gasteiger partial charge in [0, 0.05) is 43.4 Å². The first-order valence-electron chi connectivity index (χ1n) is 8.97. The Balaban J connectivity index is 0.000000706. The number of piperidine rings is 1. The van der Waals surface area contributed by atoms with Gasteiger partial charge in [0.1, 0.15) is 5.69 Å². The molecule has 4 N–H and O–H groups in total. The van der Waals surface area contributed by atoms with Crippen LogP contribution < -0.4 is 5.73 Å². The molecule has 0 unspecified atom stereocenters. The number of likely N-dealkylation sites (tertiary alicyclic amines) is 1. The molecule has 2 aliphatic rings. The molecule has 152 valence electrons. The van der Waals surface area contributed by atoms with Gasteiger partial charge in [0.25, 0.3) is 12.4 Å². The molecule has 10 nitrogen and oxygen atoms in total. The van der Waals surface area contributed by atoms with Crippen molar-refractivity contribution in [2.75, 3.05) is 38.5 Å². The number of nitrogens with two attached hydrogens (primary N) is 1. The van der Waals surface area contributed by atoms with E-state index in [0.29, 0.717) is 30.5 Å². The molecular formula is C17H24N6O4S. The second-order valence-electron chi connectivity index (χ2n) is 6.79. The van der Waals surface area contributed by atoms with Gasteiger partial charge in [0.2, 0.25) is 0 Å². The van der Waals surface area contributed by atoms with E-state index >= 15 is 0 Å². The molecule has 0 bridgehead atoms. The predicted molar refractivity (Wildman–Crippen MR) is 103 cm³/mol. The number of amides is 1. The number of nitrogens with one attached hydrogen (secondary N) is 1. The summed E-state index contributed by atoms with van der Waals surface area (Å²) in [6.07, 6.45) is 5.41. The summed E-state index contributed by atoms with van der Waals surface area (Å²) in [6, 6.07) is 0. The fraction of sp³-hybridized carbons (Fsp3) is 0.529. The van der Waals surface area contributed by atoms with E-state index in [-0.39, 0.29) is 18.0 Å². The van der Waals surface area contributed by atoms with Crippen LogP contribution in [0.15, 0.2) is 17.9 Å². The first-order valence-corrected chi connectivity index (χ1v) is 9.85. The van der Waals surface area contributed by atoms with E-state index in [1.54, 1.807) is 11.7 Å². The number of morpholine rings is 1. The number of rotatable bonds is 3. The predicted octanol–water partition coefficient (Wildman–Crippen LogP) is 0.656. The van der Waals surface area contributed by atoms with Gasteiger partial charge >= 0.3 is 0 Å². The molecule has 2 aliphatic heterocycles. The molecule has 1 spiro atoms. The molecule has 0 radical (unpaired) electrons. The number of nitrogens with zero attached hydrogens (tertiary/aromatic N) is 4. The number of imidazole rings is 1. The minimum atomic E-state index is -0.250. The number of aromatic amines is 1. The van der Waals surface area contributed by atoms with Crippen LogP contribution in [0.3, 0.4) is 0 Å². The van der Waals surface area contributed by atoms with Crippen LogP contribution in [0.4, 0.5) is 5.13 Å². The summed E-state index contributed by atoms with van der Waals surface area (Å²) in [6.45, 7) is 4.33. The van der Waals surface area contributed by atoms with Crippen LogP contribution >= 0.6 is 11.3 Å². The molecule has 0 atom stereocenters. The zero-order valence-electron chi connectivity index (χ0n) is 15.4. The number of carbonyl (C=O) groups is 2. The van der Waals surface area contributed by atoms with Gasteiger partial charge in [-0.1, -0.05) is 0 Å². The fourth-order valence-corrected chi connectivity index (χ4v) is 4.14. The molecule has 2 saturated heterocycles. The van der Waals surface area contributed by atoms with E-state index < -0.39 is 0 Å². The lowest BCUT2D eigenvalue weighted by molar-refractivity contribution is -0.128. The zero-order valence-corrected chi connectivity index (χ0v) is 16.2. The van der Waals surface area contributed by atoms with Crippen molar-refractivity contribution < 1.29 is 19.4 Å². The molecule has 28 heavy (non-hydrogen) atoms. The third kappa shape index (κ3) is 4.86. The number of aromatic nitrogens is 3. The van der Waals surface area contributed by atoms with Crippen molar-refractivity contribution in [1.29, 1.82) is 0 Å². The lowest BCUT2D eigenvalue weighted by Crippen LogP contribution is -2.58. The number of carbonyl (C=O) groups excluding carboxylic acids is 1. The Morgan fingerprint density at radius 2 is 2.18 bits per heavy atom. The standard InChI is InChI=1S/C16H22N6O2S.CH2O2/c17-15-20-13(9-25-15)14(23)22-5-6-24-16(10-22)1-3-21(4-2-16)8-12-7-18-11-19-12;2-1-3/h7,9,11H,1-6,8,10H2,(H2,17,20)(H,18,19);1H,(H,2,3). The Labute approximate surface area is 166 Å². The minimum absolute atomic E-state index is 0.0458. The van der Waals surface area contributed by atoms with Crippen LogP contribution in [0.1, 0.15) is 29.0 Å². The van der Waals surface area contributed by atoms with Crippen molar-refractivity contribution in [3.05, 3.63) is 29.3 Å². The van der Waals surface area contributed by atoms with E-state index in [1.807, 2.05) is 11.1 Å². The van der Waals surface area contributed by atoms with Crippen molar-refractivity contribution in [2.45, 2.75) is 25.0 Å². The van der Waals surface area contributed by atoms with Gasteiger partial charge in [-0.3, -0.25) is 14.5 Å². The van der Waals surface area contributed by atoms with Gasteiger partial charge in [-0.15, -0.1) is 11.3 Å². The summed E-state index contributed by atoms with van der Waals surface area (Å²) in [5, 5.41) is 9.05. The Morgan fingerprint density at radius 1 is 1.43 bits per heavy atom. The highest BCUT2D eigenvalue weighted by Gasteiger charge is 2.41. The Kier molecular flexibility index (Phi) is 6.60. The summed E-state index contributed by atoms with van der Waals surface area (Å²) in [5.74, 6) is -0.0458. The van der Waals surface area contributed by atoms with Crippen LogP contribution in [-0.4, -0.2) is 80.6 Å². The molecule has 2 aromatic rings. The largest absolute Gasteiger partial charge is 0.483 e. The zero-order chi connectivity index (χ0) is 20.0. The number of ether oxygens (including phenoxy) is 1. The lowest BCUT2D eigenvalue weighted by atomic mass is 9.89. The van der Waals surface area contributed by atoms with E-state index in [9.17, 15) is 4.79 Å². The molecule has 0 aromatic carbocycles. The molecule has 1 amide bonds. The monoisotopic (exact) mass is 408 g/mol. The second-order valence-corrected chi connectivity index (χ2v) is 7.68. The Bertz CT molecular complexity index is 772. The molecule has 4 heterocycles.